The zero-order valence-electron chi connectivity index (χ0n) is 11.9. The molecule has 0 aliphatic rings. The Morgan fingerprint density at radius 2 is 1.86 bits per heavy atom. The molecule has 2 aromatic carbocycles. The number of carbonyl (C=O) groups excluding carboxylic acids is 1. The van der Waals surface area contributed by atoms with Gasteiger partial charge in [0.2, 0.25) is 0 Å². The number of nitrogens with two attached hydrogens (primary N) is 1. The molecule has 0 aliphatic carbocycles. The van der Waals surface area contributed by atoms with Gasteiger partial charge in [0, 0.05) is 11.6 Å². The molecule has 22 heavy (non-hydrogen) atoms. The minimum atomic E-state index is -0.782. The number of hydrazone groups is 1. The van der Waals surface area contributed by atoms with Crippen LogP contribution in [0, 0.1) is 0 Å². The van der Waals surface area contributed by atoms with Gasteiger partial charge in [-0.15, -0.1) is 0 Å². The van der Waals surface area contributed by atoms with Crippen LogP contribution in [0.5, 0.6) is 11.5 Å². The molecule has 0 heterocycles. The van der Waals surface area contributed by atoms with Crippen molar-refractivity contribution in [1.82, 2.24) is 5.43 Å². The molecule has 6 nitrogen and oxygen atoms in total. The Bertz CT molecular complexity index is 684. The molecule has 2 rings (SSSR count). The number of hydrogen-bond donors (Lipinski definition) is 4. The molecule has 6 heteroatoms. The fraction of sp³-hybridized carbons (Fsp3) is 0.125. The van der Waals surface area contributed by atoms with E-state index < -0.39 is 6.03 Å². The largest absolute Gasteiger partial charge is 0.508 e. The summed E-state index contributed by atoms with van der Waals surface area (Å²) in [4.78, 5) is 10.8. The maximum absolute atomic E-state index is 10.8. The van der Waals surface area contributed by atoms with E-state index in [4.69, 9.17) is 5.73 Å². The first-order valence-corrected chi connectivity index (χ1v) is 6.74. The number of nitrogens with one attached hydrogen (secondary N) is 1. The van der Waals surface area contributed by atoms with E-state index in [1.54, 1.807) is 0 Å². The molecule has 0 saturated heterocycles. The first-order chi connectivity index (χ1) is 10.6. The summed E-state index contributed by atoms with van der Waals surface area (Å²) in [6.07, 6.45) is 1.17. The molecular formula is C16H17N3O3. The summed E-state index contributed by atoms with van der Waals surface area (Å²) >= 11 is 0. The maximum Gasteiger partial charge on any atom is 0.332 e. The van der Waals surface area contributed by atoms with Crippen LogP contribution in [-0.4, -0.2) is 22.0 Å². The molecule has 114 valence electrons. The lowest BCUT2D eigenvalue weighted by Gasteiger charge is -2.09. The number of amides is 2. The standard InChI is InChI=1S/C16H17N3O3/c17-16(22)19-18-14(9-6-11-4-2-1-3-5-11)13-8-7-12(20)10-15(13)21/h1-5,7-8,10,20-21H,6,9H2,(H3,17,19,22). The number of aryl methyl sites for hydroxylation is 1. The molecule has 2 aromatic rings. The molecule has 5 N–H and O–H groups in total. The van der Waals surface area contributed by atoms with Gasteiger partial charge in [-0.2, -0.15) is 5.10 Å². The summed E-state index contributed by atoms with van der Waals surface area (Å²) in [5, 5.41) is 23.2. The van der Waals surface area contributed by atoms with E-state index in [-0.39, 0.29) is 11.5 Å². The lowest BCUT2D eigenvalue weighted by molar-refractivity contribution is 0.249. The Hall–Kier alpha value is -3.02. The van der Waals surface area contributed by atoms with Crippen LogP contribution >= 0.6 is 0 Å². The number of primary amides is 1. The quantitative estimate of drug-likeness (QED) is 0.501. The summed E-state index contributed by atoms with van der Waals surface area (Å²) in [7, 11) is 0. The minimum Gasteiger partial charge on any atom is -0.508 e. The number of hydrogen-bond acceptors (Lipinski definition) is 4. The van der Waals surface area contributed by atoms with Gasteiger partial charge >= 0.3 is 6.03 Å². The average Bonchev–Trinajstić information content (AvgIpc) is 2.49. The highest BCUT2D eigenvalue weighted by atomic mass is 16.3. The number of benzene rings is 2. The highest BCUT2D eigenvalue weighted by Gasteiger charge is 2.11. The van der Waals surface area contributed by atoms with Crippen LogP contribution < -0.4 is 11.2 Å². The van der Waals surface area contributed by atoms with Crippen molar-refractivity contribution >= 4 is 11.7 Å². The Morgan fingerprint density at radius 1 is 1.14 bits per heavy atom. The van der Waals surface area contributed by atoms with Crippen LogP contribution in [0.15, 0.2) is 53.6 Å². The minimum absolute atomic E-state index is 0.0495. The molecule has 0 bridgehead atoms. The lowest BCUT2D eigenvalue weighted by atomic mass is 10.0. The highest BCUT2D eigenvalue weighted by molar-refractivity contribution is 6.03. The van der Waals surface area contributed by atoms with Crippen LogP contribution in [-0.2, 0) is 6.42 Å². The van der Waals surface area contributed by atoms with Crippen molar-refractivity contribution in [3.05, 3.63) is 59.7 Å². The van der Waals surface area contributed by atoms with Crippen molar-refractivity contribution in [3.8, 4) is 11.5 Å². The van der Waals surface area contributed by atoms with Crippen molar-refractivity contribution < 1.29 is 15.0 Å². The summed E-state index contributed by atoms with van der Waals surface area (Å²) in [5.41, 5.74) is 9.21. The van der Waals surface area contributed by atoms with Gasteiger partial charge in [0.25, 0.3) is 0 Å². The first-order valence-electron chi connectivity index (χ1n) is 6.74. The predicted molar refractivity (Wildman–Crippen MR) is 83.8 cm³/mol. The van der Waals surface area contributed by atoms with Gasteiger partial charge in [-0.1, -0.05) is 30.3 Å². The van der Waals surface area contributed by atoms with E-state index in [1.807, 2.05) is 30.3 Å². The summed E-state index contributed by atoms with van der Waals surface area (Å²) < 4.78 is 0. The van der Waals surface area contributed by atoms with Crippen LogP contribution in [0.25, 0.3) is 0 Å². The second kappa shape index (κ2) is 7.12. The molecule has 0 atom stereocenters. The molecule has 2 amide bonds. The van der Waals surface area contributed by atoms with Crippen LogP contribution in [0.3, 0.4) is 0 Å². The summed E-state index contributed by atoms with van der Waals surface area (Å²) in [5.74, 6) is -0.162. The summed E-state index contributed by atoms with van der Waals surface area (Å²) in [6.45, 7) is 0. The zero-order chi connectivity index (χ0) is 15.9. The van der Waals surface area contributed by atoms with Gasteiger partial charge in [0.15, 0.2) is 0 Å². The van der Waals surface area contributed by atoms with Crippen LogP contribution in [0.4, 0.5) is 4.79 Å². The molecule has 0 aromatic heterocycles. The molecule has 0 aliphatic heterocycles. The molecule has 0 saturated carbocycles. The lowest BCUT2D eigenvalue weighted by Crippen LogP contribution is -2.26. The van der Waals surface area contributed by atoms with Gasteiger partial charge in [-0.25, -0.2) is 10.2 Å². The number of nitrogens with zero attached hydrogens (tertiary/aromatic N) is 1. The average molecular weight is 299 g/mol. The number of carbonyl (C=O) groups is 1. The van der Waals surface area contributed by atoms with Gasteiger partial charge < -0.3 is 15.9 Å². The Morgan fingerprint density at radius 3 is 2.50 bits per heavy atom. The van der Waals surface area contributed by atoms with Crippen molar-refractivity contribution in [2.24, 2.45) is 10.8 Å². The second-order valence-corrected chi connectivity index (χ2v) is 4.72. The van der Waals surface area contributed by atoms with E-state index in [1.165, 1.54) is 18.2 Å². The van der Waals surface area contributed by atoms with Crippen LogP contribution in [0.2, 0.25) is 0 Å². The number of rotatable bonds is 5. The molecule has 0 fully saturated rings. The van der Waals surface area contributed by atoms with Crippen molar-refractivity contribution in [2.45, 2.75) is 12.8 Å². The van der Waals surface area contributed by atoms with Gasteiger partial charge in [-0.05, 0) is 30.5 Å². The predicted octanol–water partition coefficient (Wildman–Crippen LogP) is 2.10. The monoisotopic (exact) mass is 299 g/mol. The van der Waals surface area contributed by atoms with E-state index >= 15 is 0 Å². The fourth-order valence-electron chi connectivity index (χ4n) is 2.04. The molecular weight excluding hydrogens is 282 g/mol. The third-order valence-corrected chi connectivity index (χ3v) is 3.09. The van der Waals surface area contributed by atoms with E-state index in [0.29, 0.717) is 24.1 Å². The number of phenolic OH excluding ortho intramolecular Hbond substituents is 2. The number of aromatic hydroxyl groups is 2. The van der Waals surface area contributed by atoms with Crippen molar-refractivity contribution in [1.29, 1.82) is 0 Å². The third-order valence-electron chi connectivity index (χ3n) is 3.09. The van der Waals surface area contributed by atoms with Gasteiger partial charge in [0.05, 0.1) is 5.71 Å². The van der Waals surface area contributed by atoms with E-state index in [2.05, 4.69) is 10.5 Å². The SMILES string of the molecule is NC(=O)NN=C(CCc1ccccc1)c1ccc(O)cc1O. The normalized spacial score (nSPS) is 11.2. The topological polar surface area (TPSA) is 108 Å². The highest BCUT2D eigenvalue weighted by Crippen LogP contribution is 2.24. The first kappa shape index (κ1) is 15.4. The van der Waals surface area contributed by atoms with E-state index in [9.17, 15) is 15.0 Å². The molecule has 0 unspecified atom stereocenters. The van der Waals surface area contributed by atoms with Crippen LogP contribution in [0.1, 0.15) is 17.5 Å². The zero-order valence-corrected chi connectivity index (χ0v) is 11.9. The summed E-state index contributed by atoms with van der Waals surface area (Å²) in [6, 6.07) is 13.2. The van der Waals surface area contributed by atoms with E-state index in [0.717, 1.165) is 5.56 Å². The van der Waals surface area contributed by atoms with Gasteiger partial charge in [0.1, 0.15) is 11.5 Å². The van der Waals surface area contributed by atoms with Crippen molar-refractivity contribution in [2.75, 3.05) is 0 Å². The number of phenols is 2. The van der Waals surface area contributed by atoms with Gasteiger partial charge in [-0.3, -0.25) is 0 Å². The Labute approximate surface area is 127 Å². The third kappa shape index (κ3) is 4.24. The molecule has 0 spiro atoms. The van der Waals surface area contributed by atoms with Crippen molar-refractivity contribution in [3.63, 3.8) is 0 Å². The fourth-order valence-corrected chi connectivity index (χ4v) is 2.04. The Balaban J connectivity index is 2.22. The Kier molecular flexibility index (Phi) is 4.98. The molecule has 0 radical (unpaired) electrons. The maximum atomic E-state index is 10.8. The smallest absolute Gasteiger partial charge is 0.332 e. The number of urea groups is 1. The second-order valence-electron chi connectivity index (χ2n) is 4.72.